The van der Waals surface area contributed by atoms with Gasteiger partial charge in [-0.2, -0.15) is 0 Å². The SMILES string of the molecule is COC(=O)c1cc(Cl)ncc1OCc1ccnc(Cl)c1. The van der Waals surface area contributed by atoms with E-state index in [1.165, 1.54) is 19.4 Å². The predicted molar refractivity (Wildman–Crippen MR) is 74.2 cm³/mol. The molecule has 0 aliphatic rings. The first kappa shape index (κ1) is 14.6. The molecule has 2 heterocycles. The largest absolute Gasteiger partial charge is 0.486 e. The molecule has 0 aromatic carbocycles. The molecule has 7 heteroatoms. The minimum Gasteiger partial charge on any atom is -0.486 e. The molecule has 2 rings (SSSR count). The summed E-state index contributed by atoms with van der Waals surface area (Å²) >= 11 is 11.5. The number of rotatable bonds is 4. The standard InChI is InChI=1S/C13H10Cl2N2O3/c1-19-13(18)9-5-12(15)17-6-10(9)20-7-8-2-3-16-11(14)4-8/h2-6H,7H2,1H3. The second-order valence-corrected chi connectivity index (χ2v) is 4.54. The fraction of sp³-hybridized carbons (Fsp3) is 0.154. The van der Waals surface area contributed by atoms with Crippen LogP contribution in [0.4, 0.5) is 0 Å². The molecule has 0 bridgehead atoms. The van der Waals surface area contributed by atoms with Gasteiger partial charge < -0.3 is 9.47 Å². The molecule has 0 atom stereocenters. The first-order chi connectivity index (χ1) is 9.60. The van der Waals surface area contributed by atoms with E-state index in [4.69, 9.17) is 27.9 Å². The summed E-state index contributed by atoms with van der Waals surface area (Å²) in [6, 6.07) is 4.82. The maximum Gasteiger partial charge on any atom is 0.341 e. The van der Waals surface area contributed by atoms with Crippen molar-refractivity contribution in [2.45, 2.75) is 6.61 Å². The highest BCUT2D eigenvalue weighted by Crippen LogP contribution is 2.22. The van der Waals surface area contributed by atoms with E-state index < -0.39 is 5.97 Å². The maximum atomic E-state index is 11.6. The van der Waals surface area contributed by atoms with Crippen molar-refractivity contribution in [1.29, 1.82) is 0 Å². The van der Waals surface area contributed by atoms with Gasteiger partial charge in [-0.05, 0) is 23.8 Å². The molecule has 0 amide bonds. The van der Waals surface area contributed by atoms with Crippen LogP contribution in [-0.4, -0.2) is 23.0 Å². The van der Waals surface area contributed by atoms with Gasteiger partial charge in [0.1, 0.15) is 22.5 Å². The van der Waals surface area contributed by atoms with E-state index in [9.17, 15) is 4.79 Å². The van der Waals surface area contributed by atoms with Crippen molar-refractivity contribution in [3.63, 3.8) is 0 Å². The number of ether oxygens (including phenoxy) is 2. The average molecular weight is 313 g/mol. The highest BCUT2D eigenvalue weighted by molar-refractivity contribution is 6.29. The lowest BCUT2D eigenvalue weighted by Crippen LogP contribution is -2.06. The van der Waals surface area contributed by atoms with Crippen LogP contribution in [-0.2, 0) is 11.3 Å². The third kappa shape index (κ3) is 3.59. The van der Waals surface area contributed by atoms with Crippen molar-refractivity contribution in [1.82, 2.24) is 9.97 Å². The lowest BCUT2D eigenvalue weighted by molar-refractivity contribution is 0.0595. The molecule has 0 aliphatic carbocycles. The van der Waals surface area contributed by atoms with Crippen LogP contribution in [0, 0.1) is 0 Å². The number of carbonyl (C=O) groups is 1. The minimum absolute atomic E-state index is 0.185. The number of esters is 1. The number of methoxy groups -OCH3 is 1. The number of pyridine rings is 2. The predicted octanol–water partition coefficient (Wildman–Crippen LogP) is 3.15. The van der Waals surface area contributed by atoms with E-state index >= 15 is 0 Å². The third-order valence-corrected chi connectivity index (χ3v) is 2.84. The zero-order chi connectivity index (χ0) is 14.5. The summed E-state index contributed by atoms with van der Waals surface area (Å²) in [5.41, 5.74) is 1.03. The molecule has 0 radical (unpaired) electrons. The molecule has 0 saturated heterocycles. The van der Waals surface area contributed by atoms with E-state index in [-0.39, 0.29) is 23.1 Å². The van der Waals surface area contributed by atoms with Gasteiger partial charge in [-0.3, -0.25) is 0 Å². The normalized spacial score (nSPS) is 10.2. The number of halogens is 2. The molecule has 0 saturated carbocycles. The van der Waals surface area contributed by atoms with Crippen molar-refractivity contribution in [3.05, 3.63) is 52.0 Å². The van der Waals surface area contributed by atoms with Crippen LogP contribution in [0.25, 0.3) is 0 Å². The van der Waals surface area contributed by atoms with E-state index in [0.717, 1.165) is 5.56 Å². The first-order valence-corrected chi connectivity index (χ1v) is 6.33. The topological polar surface area (TPSA) is 61.3 Å². The molecule has 0 aliphatic heterocycles. The van der Waals surface area contributed by atoms with Crippen molar-refractivity contribution >= 4 is 29.2 Å². The number of nitrogens with zero attached hydrogens (tertiary/aromatic N) is 2. The Morgan fingerprint density at radius 1 is 1.25 bits per heavy atom. The summed E-state index contributed by atoms with van der Waals surface area (Å²) in [6.45, 7) is 0.218. The van der Waals surface area contributed by atoms with Crippen LogP contribution in [0.15, 0.2) is 30.6 Å². The van der Waals surface area contributed by atoms with Gasteiger partial charge in [0.05, 0.1) is 13.3 Å². The Morgan fingerprint density at radius 2 is 2.00 bits per heavy atom. The Morgan fingerprint density at radius 3 is 2.70 bits per heavy atom. The van der Waals surface area contributed by atoms with Crippen molar-refractivity contribution < 1.29 is 14.3 Å². The minimum atomic E-state index is -0.544. The summed E-state index contributed by atoms with van der Waals surface area (Å²) in [7, 11) is 1.28. The second kappa shape index (κ2) is 6.54. The summed E-state index contributed by atoms with van der Waals surface area (Å²) in [6.07, 6.45) is 2.94. The smallest absolute Gasteiger partial charge is 0.341 e. The molecule has 0 fully saturated rings. The quantitative estimate of drug-likeness (QED) is 0.641. The highest BCUT2D eigenvalue weighted by Gasteiger charge is 2.14. The highest BCUT2D eigenvalue weighted by atomic mass is 35.5. The monoisotopic (exact) mass is 312 g/mol. The molecule has 0 N–H and O–H groups in total. The molecule has 2 aromatic rings. The van der Waals surface area contributed by atoms with Crippen molar-refractivity contribution in [2.24, 2.45) is 0 Å². The third-order valence-electron chi connectivity index (χ3n) is 2.42. The second-order valence-electron chi connectivity index (χ2n) is 3.77. The lowest BCUT2D eigenvalue weighted by Gasteiger charge is -2.10. The molecule has 20 heavy (non-hydrogen) atoms. The van der Waals surface area contributed by atoms with Gasteiger partial charge in [0.2, 0.25) is 0 Å². The van der Waals surface area contributed by atoms with Crippen molar-refractivity contribution in [3.8, 4) is 5.75 Å². The number of hydrogen-bond donors (Lipinski definition) is 0. The fourth-order valence-corrected chi connectivity index (χ4v) is 1.85. The first-order valence-electron chi connectivity index (χ1n) is 5.57. The Labute approximate surface area is 125 Å². The maximum absolute atomic E-state index is 11.6. The van der Waals surface area contributed by atoms with Crippen LogP contribution in [0.5, 0.6) is 5.75 Å². The Balaban J connectivity index is 2.19. The zero-order valence-corrected chi connectivity index (χ0v) is 12.0. The van der Waals surface area contributed by atoms with Gasteiger partial charge in [-0.15, -0.1) is 0 Å². The Bertz CT molecular complexity index is 635. The zero-order valence-electron chi connectivity index (χ0n) is 10.5. The van der Waals surface area contributed by atoms with Crippen molar-refractivity contribution in [2.75, 3.05) is 7.11 Å². The summed E-state index contributed by atoms with van der Waals surface area (Å²) in [5.74, 6) is -0.258. The van der Waals surface area contributed by atoms with E-state index in [0.29, 0.717) is 5.15 Å². The van der Waals surface area contributed by atoms with Crippen LogP contribution in [0.1, 0.15) is 15.9 Å². The van der Waals surface area contributed by atoms with E-state index in [1.54, 1.807) is 18.3 Å². The van der Waals surface area contributed by atoms with Crippen LogP contribution in [0.3, 0.4) is 0 Å². The number of aromatic nitrogens is 2. The van der Waals surface area contributed by atoms with Crippen LogP contribution in [0.2, 0.25) is 10.3 Å². The molecule has 5 nitrogen and oxygen atoms in total. The van der Waals surface area contributed by atoms with Gasteiger partial charge >= 0.3 is 5.97 Å². The van der Waals surface area contributed by atoms with Gasteiger partial charge in [0.15, 0.2) is 5.75 Å². The van der Waals surface area contributed by atoms with Gasteiger partial charge in [0, 0.05) is 6.20 Å². The summed E-state index contributed by atoms with van der Waals surface area (Å²) < 4.78 is 10.2. The summed E-state index contributed by atoms with van der Waals surface area (Å²) in [4.78, 5) is 19.4. The molecule has 2 aromatic heterocycles. The Hall–Kier alpha value is -1.85. The van der Waals surface area contributed by atoms with E-state index in [1.807, 2.05) is 0 Å². The van der Waals surface area contributed by atoms with Crippen LogP contribution >= 0.6 is 23.2 Å². The summed E-state index contributed by atoms with van der Waals surface area (Å²) in [5, 5.41) is 0.554. The number of carbonyl (C=O) groups excluding carboxylic acids is 1. The average Bonchev–Trinajstić information content (AvgIpc) is 2.45. The van der Waals surface area contributed by atoms with E-state index in [2.05, 4.69) is 14.7 Å². The van der Waals surface area contributed by atoms with Crippen LogP contribution < -0.4 is 4.74 Å². The molecule has 104 valence electrons. The molecular formula is C13H10Cl2N2O3. The van der Waals surface area contributed by atoms with Gasteiger partial charge in [0.25, 0.3) is 0 Å². The molecule has 0 spiro atoms. The molecular weight excluding hydrogens is 303 g/mol. The lowest BCUT2D eigenvalue weighted by atomic mass is 10.2. The van der Waals surface area contributed by atoms with Gasteiger partial charge in [-0.1, -0.05) is 23.2 Å². The van der Waals surface area contributed by atoms with Gasteiger partial charge in [-0.25, -0.2) is 14.8 Å². The Kier molecular flexibility index (Phi) is 4.76. The number of hydrogen-bond acceptors (Lipinski definition) is 5. The molecule has 0 unspecified atom stereocenters. The fourth-order valence-electron chi connectivity index (χ4n) is 1.50.